The summed E-state index contributed by atoms with van der Waals surface area (Å²) in [6.07, 6.45) is 3.95. The van der Waals surface area contributed by atoms with Gasteiger partial charge in [-0.25, -0.2) is 4.79 Å². The molecule has 0 fully saturated rings. The van der Waals surface area contributed by atoms with Gasteiger partial charge < -0.3 is 13.9 Å². The van der Waals surface area contributed by atoms with Crippen LogP contribution in [0.15, 0.2) is 59.0 Å². The van der Waals surface area contributed by atoms with Crippen LogP contribution in [0.5, 0.6) is 5.75 Å². The predicted molar refractivity (Wildman–Crippen MR) is 93.3 cm³/mol. The van der Waals surface area contributed by atoms with E-state index >= 15 is 0 Å². The summed E-state index contributed by atoms with van der Waals surface area (Å²) in [6.45, 7) is 2.18. The highest BCUT2D eigenvalue weighted by molar-refractivity contribution is 6.04. The first kappa shape index (κ1) is 15.9. The molecule has 0 amide bonds. The van der Waals surface area contributed by atoms with Crippen LogP contribution in [0.1, 0.15) is 21.7 Å². The van der Waals surface area contributed by atoms with Gasteiger partial charge in [-0.1, -0.05) is 36.4 Å². The van der Waals surface area contributed by atoms with E-state index in [0.717, 1.165) is 5.56 Å². The van der Waals surface area contributed by atoms with E-state index < -0.39 is 5.97 Å². The molecule has 3 rings (SSSR count). The van der Waals surface area contributed by atoms with E-state index in [0.29, 0.717) is 34.6 Å². The van der Waals surface area contributed by atoms with Gasteiger partial charge in [-0.15, -0.1) is 0 Å². The number of hydrogen-bond donors (Lipinski definition) is 0. The Hall–Kier alpha value is -3.01. The van der Waals surface area contributed by atoms with Crippen molar-refractivity contribution in [3.63, 3.8) is 0 Å². The van der Waals surface area contributed by atoms with E-state index in [1.165, 1.54) is 7.11 Å². The number of esters is 1. The summed E-state index contributed by atoms with van der Waals surface area (Å²) < 4.78 is 16.1. The standard InChI is InChI=1S/C20H18O4/c1-14-19(20(21)22-2)17-13-16(10-11-18(17)24-14)23-12-6-9-15-7-4-3-5-8-15/h3-11,13H,12H2,1-2H3. The summed E-state index contributed by atoms with van der Waals surface area (Å²) in [5.74, 6) is 0.802. The number of carbonyl (C=O) groups excluding carboxylic acids is 1. The van der Waals surface area contributed by atoms with E-state index in [1.807, 2.05) is 48.6 Å². The van der Waals surface area contributed by atoms with Crippen molar-refractivity contribution in [3.05, 3.63) is 71.5 Å². The third-order valence-electron chi connectivity index (χ3n) is 3.68. The Morgan fingerprint density at radius 1 is 1.17 bits per heavy atom. The molecule has 1 aromatic heterocycles. The zero-order valence-corrected chi connectivity index (χ0v) is 13.6. The molecule has 2 aromatic carbocycles. The third kappa shape index (κ3) is 3.33. The number of benzene rings is 2. The molecule has 0 atom stereocenters. The van der Waals surface area contributed by atoms with E-state index in [-0.39, 0.29) is 0 Å². The first-order chi connectivity index (χ1) is 11.7. The lowest BCUT2D eigenvalue weighted by atomic mass is 10.1. The van der Waals surface area contributed by atoms with Gasteiger partial charge in [0, 0.05) is 5.39 Å². The number of fused-ring (bicyclic) bond motifs is 1. The second kappa shape index (κ2) is 7.04. The van der Waals surface area contributed by atoms with Crippen molar-refractivity contribution in [1.82, 2.24) is 0 Å². The van der Waals surface area contributed by atoms with Crippen LogP contribution in [0.3, 0.4) is 0 Å². The molecular weight excluding hydrogens is 304 g/mol. The molecule has 4 nitrogen and oxygen atoms in total. The van der Waals surface area contributed by atoms with Crippen molar-refractivity contribution >= 4 is 23.0 Å². The van der Waals surface area contributed by atoms with Crippen molar-refractivity contribution in [1.29, 1.82) is 0 Å². The second-order valence-corrected chi connectivity index (χ2v) is 5.31. The first-order valence-electron chi connectivity index (χ1n) is 7.65. The van der Waals surface area contributed by atoms with E-state index in [1.54, 1.807) is 19.1 Å². The van der Waals surface area contributed by atoms with Crippen molar-refractivity contribution in [2.24, 2.45) is 0 Å². The largest absolute Gasteiger partial charge is 0.490 e. The summed E-state index contributed by atoms with van der Waals surface area (Å²) in [7, 11) is 1.36. The SMILES string of the molecule is COC(=O)c1c(C)oc2ccc(OCC=Cc3ccccc3)cc12. The number of furan rings is 1. The quantitative estimate of drug-likeness (QED) is 0.643. The molecule has 0 saturated carbocycles. The molecule has 0 bridgehead atoms. The molecule has 0 spiro atoms. The van der Waals surface area contributed by atoms with Crippen LogP contribution in [0, 0.1) is 6.92 Å². The van der Waals surface area contributed by atoms with E-state index in [2.05, 4.69) is 0 Å². The lowest BCUT2D eigenvalue weighted by Crippen LogP contribution is -2.01. The van der Waals surface area contributed by atoms with Crippen LogP contribution in [-0.2, 0) is 4.74 Å². The second-order valence-electron chi connectivity index (χ2n) is 5.31. The Morgan fingerprint density at radius 2 is 1.96 bits per heavy atom. The van der Waals surface area contributed by atoms with Gasteiger partial charge in [-0.3, -0.25) is 0 Å². The van der Waals surface area contributed by atoms with Crippen molar-refractivity contribution in [2.75, 3.05) is 13.7 Å². The number of ether oxygens (including phenoxy) is 2. The minimum absolute atomic E-state index is 0.410. The maximum absolute atomic E-state index is 11.9. The molecule has 0 aliphatic rings. The Balaban J connectivity index is 1.76. The van der Waals surface area contributed by atoms with Gasteiger partial charge in [0.15, 0.2) is 0 Å². The Bertz CT molecular complexity index is 875. The number of rotatable bonds is 5. The Morgan fingerprint density at radius 3 is 2.71 bits per heavy atom. The zero-order valence-electron chi connectivity index (χ0n) is 13.6. The van der Waals surface area contributed by atoms with Gasteiger partial charge in [-0.2, -0.15) is 0 Å². The molecule has 122 valence electrons. The normalized spacial score (nSPS) is 11.1. The van der Waals surface area contributed by atoms with Crippen molar-refractivity contribution in [2.45, 2.75) is 6.92 Å². The van der Waals surface area contributed by atoms with Crippen molar-refractivity contribution in [3.8, 4) is 5.75 Å². The first-order valence-corrected chi connectivity index (χ1v) is 7.65. The molecule has 0 saturated heterocycles. The molecule has 24 heavy (non-hydrogen) atoms. The Kier molecular flexibility index (Phi) is 4.66. The highest BCUT2D eigenvalue weighted by atomic mass is 16.5. The van der Waals surface area contributed by atoms with Gasteiger partial charge >= 0.3 is 5.97 Å². The summed E-state index contributed by atoms with van der Waals surface area (Å²) in [4.78, 5) is 11.9. The zero-order chi connectivity index (χ0) is 16.9. The fourth-order valence-electron chi connectivity index (χ4n) is 2.54. The molecule has 0 unspecified atom stereocenters. The van der Waals surface area contributed by atoms with Gasteiger partial charge in [-0.05, 0) is 36.8 Å². The average Bonchev–Trinajstić information content (AvgIpc) is 2.94. The maximum Gasteiger partial charge on any atom is 0.342 e. The minimum atomic E-state index is -0.410. The van der Waals surface area contributed by atoms with E-state index in [9.17, 15) is 4.79 Å². The van der Waals surface area contributed by atoms with Crippen LogP contribution >= 0.6 is 0 Å². The van der Waals surface area contributed by atoms with E-state index in [4.69, 9.17) is 13.9 Å². The van der Waals surface area contributed by atoms with Crippen LogP contribution in [0.4, 0.5) is 0 Å². The third-order valence-corrected chi connectivity index (χ3v) is 3.68. The van der Waals surface area contributed by atoms with Crippen LogP contribution < -0.4 is 4.74 Å². The highest BCUT2D eigenvalue weighted by Gasteiger charge is 2.19. The molecule has 0 aliphatic heterocycles. The van der Waals surface area contributed by atoms with Crippen LogP contribution in [0.25, 0.3) is 17.0 Å². The van der Waals surface area contributed by atoms with Gasteiger partial charge in [0.1, 0.15) is 29.3 Å². The van der Waals surface area contributed by atoms with Crippen molar-refractivity contribution < 1.29 is 18.7 Å². The topological polar surface area (TPSA) is 48.7 Å². The monoisotopic (exact) mass is 322 g/mol. The molecule has 0 N–H and O–H groups in total. The molecule has 3 aromatic rings. The van der Waals surface area contributed by atoms with Gasteiger partial charge in [0.2, 0.25) is 0 Å². The molecule has 1 heterocycles. The smallest absolute Gasteiger partial charge is 0.342 e. The lowest BCUT2D eigenvalue weighted by molar-refractivity contribution is 0.0601. The fourth-order valence-corrected chi connectivity index (χ4v) is 2.54. The number of methoxy groups -OCH3 is 1. The summed E-state index contributed by atoms with van der Waals surface area (Å²) in [5.41, 5.74) is 2.20. The minimum Gasteiger partial charge on any atom is -0.490 e. The highest BCUT2D eigenvalue weighted by Crippen LogP contribution is 2.29. The van der Waals surface area contributed by atoms with Gasteiger partial charge in [0.25, 0.3) is 0 Å². The van der Waals surface area contributed by atoms with Crippen LogP contribution in [0.2, 0.25) is 0 Å². The predicted octanol–water partition coefficient (Wildman–Crippen LogP) is 4.62. The maximum atomic E-state index is 11.9. The van der Waals surface area contributed by atoms with Gasteiger partial charge in [0.05, 0.1) is 7.11 Å². The molecule has 4 heteroatoms. The Labute approximate surface area is 140 Å². The summed E-state index contributed by atoms with van der Waals surface area (Å²) in [6, 6.07) is 15.4. The molecule has 0 radical (unpaired) electrons. The number of aryl methyl sites for hydroxylation is 1. The molecular formula is C20H18O4. The average molecular weight is 322 g/mol. The summed E-state index contributed by atoms with van der Waals surface area (Å²) >= 11 is 0. The lowest BCUT2D eigenvalue weighted by Gasteiger charge is -2.03. The molecule has 0 aliphatic carbocycles. The number of hydrogen-bond acceptors (Lipinski definition) is 4. The number of carbonyl (C=O) groups is 1. The van der Waals surface area contributed by atoms with Crippen LogP contribution in [-0.4, -0.2) is 19.7 Å². The fraction of sp³-hybridized carbons (Fsp3) is 0.150. The summed E-state index contributed by atoms with van der Waals surface area (Å²) in [5, 5.41) is 0.698.